The number of nitrogens with two attached hydrogens (primary N) is 2. The highest BCUT2D eigenvalue weighted by molar-refractivity contribution is 5.25. The highest BCUT2D eigenvalue weighted by atomic mass is 14.8. The summed E-state index contributed by atoms with van der Waals surface area (Å²) in [7, 11) is 0. The van der Waals surface area contributed by atoms with Crippen LogP contribution in [-0.4, -0.2) is 12.1 Å². The van der Waals surface area contributed by atoms with Crippen molar-refractivity contribution >= 4 is 0 Å². The Morgan fingerprint density at radius 2 is 1.67 bits per heavy atom. The van der Waals surface area contributed by atoms with Crippen LogP contribution in [0.1, 0.15) is 36.3 Å². The number of hydrogen-bond donors (Lipinski definition) is 2. The van der Waals surface area contributed by atoms with Gasteiger partial charge in [-0.2, -0.15) is 0 Å². The number of hydrogen-bond acceptors (Lipinski definition) is 2. The lowest BCUT2D eigenvalue weighted by atomic mass is 9.79. The summed E-state index contributed by atoms with van der Waals surface area (Å²) < 4.78 is 0. The Morgan fingerprint density at radius 3 is 2.27 bits per heavy atom. The van der Waals surface area contributed by atoms with E-state index >= 15 is 0 Å². The van der Waals surface area contributed by atoms with Gasteiger partial charge in [0, 0.05) is 12.1 Å². The van der Waals surface area contributed by atoms with Gasteiger partial charge in [-0.1, -0.05) is 29.8 Å². The van der Waals surface area contributed by atoms with Crippen LogP contribution < -0.4 is 11.5 Å². The minimum Gasteiger partial charge on any atom is -0.326 e. The molecule has 0 saturated heterocycles. The monoisotopic (exact) mass is 204 g/mol. The molecular weight excluding hydrogens is 184 g/mol. The van der Waals surface area contributed by atoms with E-state index in [1.165, 1.54) is 17.5 Å². The molecule has 3 unspecified atom stereocenters. The van der Waals surface area contributed by atoms with E-state index in [4.69, 9.17) is 11.5 Å². The third kappa shape index (κ3) is 2.39. The molecular formula is C13H20N2. The molecule has 1 aliphatic rings. The lowest BCUT2D eigenvalue weighted by molar-refractivity contribution is 0.347. The molecule has 0 radical (unpaired) electrons. The molecule has 82 valence electrons. The molecule has 0 amide bonds. The largest absolute Gasteiger partial charge is 0.326 e. The second kappa shape index (κ2) is 4.33. The van der Waals surface area contributed by atoms with Gasteiger partial charge >= 0.3 is 0 Å². The second-order valence-electron chi connectivity index (χ2n) is 4.75. The van der Waals surface area contributed by atoms with Crippen LogP contribution in [0.15, 0.2) is 24.3 Å². The first kappa shape index (κ1) is 10.7. The Hall–Kier alpha value is -0.860. The average Bonchev–Trinajstić information content (AvgIpc) is 2.23. The fourth-order valence-corrected chi connectivity index (χ4v) is 2.37. The van der Waals surface area contributed by atoms with Crippen molar-refractivity contribution < 1.29 is 0 Å². The minimum atomic E-state index is 0.171. The topological polar surface area (TPSA) is 52.0 Å². The maximum atomic E-state index is 6.01. The minimum absolute atomic E-state index is 0.171. The van der Waals surface area contributed by atoms with E-state index in [1.54, 1.807) is 0 Å². The lowest BCUT2D eigenvalue weighted by Crippen LogP contribution is -2.45. The van der Waals surface area contributed by atoms with Gasteiger partial charge < -0.3 is 11.5 Å². The first-order valence-corrected chi connectivity index (χ1v) is 5.74. The van der Waals surface area contributed by atoms with Gasteiger partial charge in [0.15, 0.2) is 0 Å². The number of aryl methyl sites for hydroxylation is 1. The Morgan fingerprint density at radius 1 is 1.00 bits per heavy atom. The predicted octanol–water partition coefficient (Wildman–Crippen LogP) is 1.92. The van der Waals surface area contributed by atoms with Gasteiger partial charge in [0.1, 0.15) is 0 Å². The van der Waals surface area contributed by atoms with Crippen LogP contribution in [0, 0.1) is 6.92 Å². The zero-order chi connectivity index (χ0) is 10.8. The maximum Gasteiger partial charge on any atom is 0.0198 e. The summed E-state index contributed by atoms with van der Waals surface area (Å²) in [5.74, 6) is 0.611. The van der Waals surface area contributed by atoms with Crippen molar-refractivity contribution in [2.75, 3.05) is 0 Å². The van der Waals surface area contributed by atoms with Gasteiger partial charge in [-0.05, 0) is 37.7 Å². The fourth-order valence-electron chi connectivity index (χ4n) is 2.37. The summed E-state index contributed by atoms with van der Waals surface area (Å²) in [4.78, 5) is 0. The van der Waals surface area contributed by atoms with Gasteiger partial charge in [0.2, 0.25) is 0 Å². The van der Waals surface area contributed by atoms with Crippen LogP contribution in [0.25, 0.3) is 0 Å². The van der Waals surface area contributed by atoms with E-state index in [1.807, 2.05) is 0 Å². The van der Waals surface area contributed by atoms with E-state index < -0.39 is 0 Å². The SMILES string of the molecule is Cc1ccc(C2CCC(N)C(N)C2)cc1. The molecule has 2 heteroatoms. The van der Waals surface area contributed by atoms with E-state index in [0.717, 1.165) is 12.8 Å². The molecule has 1 saturated carbocycles. The van der Waals surface area contributed by atoms with Gasteiger partial charge in [0.05, 0.1) is 0 Å². The molecule has 0 aliphatic heterocycles. The Balaban J connectivity index is 2.08. The first-order valence-electron chi connectivity index (χ1n) is 5.74. The van der Waals surface area contributed by atoms with E-state index in [-0.39, 0.29) is 12.1 Å². The molecule has 1 aromatic rings. The van der Waals surface area contributed by atoms with Crippen LogP contribution >= 0.6 is 0 Å². The van der Waals surface area contributed by atoms with Crippen molar-refractivity contribution in [1.82, 2.24) is 0 Å². The summed E-state index contributed by atoms with van der Waals surface area (Å²) >= 11 is 0. The van der Waals surface area contributed by atoms with Crippen LogP contribution in [-0.2, 0) is 0 Å². The second-order valence-corrected chi connectivity index (χ2v) is 4.75. The number of rotatable bonds is 1. The van der Waals surface area contributed by atoms with E-state index in [0.29, 0.717) is 5.92 Å². The van der Waals surface area contributed by atoms with Crippen molar-refractivity contribution in [3.05, 3.63) is 35.4 Å². The molecule has 2 rings (SSSR count). The van der Waals surface area contributed by atoms with Gasteiger partial charge in [-0.3, -0.25) is 0 Å². The molecule has 2 nitrogen and oxygen atoms in total. The molecule has 3 atom stereocenters. The average molecular weight is 204 g/mol. The molecule has 0 heterocycles. The zero-order valence-corrected chi connectivity index (χ0v) is 9.32. The Kier molecular flexibility index (Phi) is 3.08. The molecule has 15 heavy (non-hydrogen) atoms. The van der Waals surface area contributed by atoms with Crippen molar-refractivity contribution in [2.24, 2.45) is 11.5 Å². The van der Waals surface area contributed by atoms with Crippen molar-refractivity contribution in [1.29, 1.82) is 0 Å². The highest BCUT2D eigenvalue weighted by Gasteiger charge is 2.26. The van der Waals surface area contributed by atoms with Gasteiger partial charge in [-0.25, -0.2) is 0 Å². The summed E-state index contributed by atoms with van der Waals surface area (Å²) in [6, 6.07) is 9.18. The van der Waals surface area contributed by atoms with Gasteiger partial charge in [-0.15, -0.1) is 0 Å². The lowest BCUT2D eigenvalue weighted by Gasteiger charge is -2.31. The summed E-state index contributed by atoms with van der Waals surface area (Å²) in [6.45, 7) is 2.12. The summed E-state index contributed by atoms with van der Waals surface area (Å²) in [6.07, 6.45) is 3.27. The van der Waals surface area contributed by atoms with Crippen LogP contribution in [0.4, 0.5) is 0 Å². The Bertz CT molecular complexity index is 318. The Labute approximate surface area is 91.7 Å². The smallest absolute Gasteiger partial charge is 0.0198 e. The molecule has 1 aromatic carbocycles. The molecule has 0 bridgehead atoms. The fraction of sp³-hybridized carbons (Fsp3) is 0.538. The van der Waals surface area contributed by atoms with Crippen molar-refractivity contribution in [3.63, 3.8) is 0 Å². The van der Waals surface area contributed by atoms with Crippen molar-refractivity contribution in [3.8, 4) is 0 Å². The molecule has 0 spiro atoms. The van der Waals surface area contributed by atoms with E-state index in [9.17, 15) is 0 Å². The highest BCUT2D eigenvalue weighted by Crippen LogP contribution is 2.31. The molecule has 1 fully saturated rings. The van der Waals surface area contributed by atoms with Crippen molar-refractivity contribution in [2.45, 2.75) is 44.2 Å². The predicted molar refractivity (Wildman–Crippen MR) is 63.7 cm³/mol. The normalized spacial score (nSPS) is 31.5. The van der Waals surface area contributed by atoms with Crippen LogP contribution in [0.3, 0.4) is 0 Å². The maximum absolute atomic E-state index is 6.01. The third-order valence-electron chi connectivity index (χ3n) is 3.50. The summed E-state index contributed by atoms with van der Waals surface area (Å²) in [5, 5.41) is 0. The quantitative estimate of drug-likeness (QED) is 0.734. The third-order valence-corrected chi connectivity index (χ3v) is 3.50. The molecule has 1 aliphatic carbocycles. The molecule has 4 N–H and O–H groups in total. The first-order chi connectivity index (χ1) is 7.16. The standard InChI is InChI=1S/C13H20N2/c1-9-2-4-10(5-3-9)11-6-7-12(14)13(15)8-11/h2-5,11-13H,6-8,14-15H2,1H3. The van der Waals surface area contributed by atoms with Gasteiger partial charge in [0.25, 0.3) is 0 Å². The summed E-state index contributed by atoms with van der Waals surface area (Å²) in [5.41, 5.74) is 14.7. The van der Waals surface area contributed by atoms with E-state index in [2.05, 4.69) is 31.2 Å². The number of benzene rings is 1. The van der Waals surface area contributed by atoms with Crippen LogP contribution in [0.2, 0.25) is 0 Å². The molecule has 0 aromatic heterocycles. The van der Waals surface area contributed by atoms with Crippen LogP contribution in [0.5, 0.6) is 0 Å². The zero-order valence-electron chi connectivity index (χ0n) is 9.32.